The molecule has 122 valence electrons. The van der Waals surface area contributed by atoms with Crippen molar-refractivity contribution in [2.75, 3.05) is 0 Å². The first kappa shape index (κ1) is 16.1. The van der Waals surface area contributed by atoms with E-state index in [1.54, 1.807) is 0 Å². The van der Waals surface area contributed by atoms with Crippen molar-refractivity contribution in [3.8, 4) is 5.75 Å². The van der Waals surface area contributed by atoms with Gasteiger partial charge in [0.15, 0.2) is 0 Å². The molecule has 2 nitrogen and oxygen atoms in total. The number of benzene rings is 2. The van der Waals surface area contributed by atoms with E-state index in [4.69, 9.17) is 4.74 Å². The first-order chi connectivity index (χ1) is 11.0. The van der Waals surface area contributed by atoms with E-state index >= 15 is 0 Å². The van der Waals surface area contributed by atoms with E-state index in [0.29, 0.717) is 6.04 Å². The Hall–Kier alpha value is -1.80. The van der Waals surface area contributed by atoms with Gasteiger partial charge in [-0.05, 0) is 49.9 Å². The number of ether oxygens (including phenoxy) is 1. The quantitative estimate of drug-likeness (QED) is 0.850. The van der Waals surface area contributed by atoms with E-state index < -0.39 is 0 Å². The maximum Gasteiger partial charge on any atom is 0.125 e. The first-order valence-corrected chi connectivity index (χ1v) is 8.58. The topological polar surface area (TPSA) is 21.3 Å². The summed E-state index contributed by atoms with van der Waals surface area (Å²) in [6.07, 6.45) is 2.02. The van der Waals surface area contributed by atoms with Gasteiger partial charge >= 0.3 is 0 Å². The van der Waals surface area contributed by atoms with Crippen LogP contribution in [0, 0.1) is 13.8 Å². The minimum absolute atomic E-state index is 0.0942. The second-order valence-electron chi connectivity index (χ2n) is 7.00. The molecule has 3 rings (SSSR count). The molecule has 2 aromatic carbocycles. The Morgan fingerprint density at radius 2 is 1.83 bits per heavy atom. The van der Waals surface area contributed by atoms with E-state index in [1.807, 2.05) is 0 Å². The predicted octanol–water partition coefficient (Wildman–Crippen LogP) is 5.09. The van der Waals surface area contributed by atoms with Gasteiger partial charge in [0.05, 0.1) is 0 Å². The molecular weight excluding hydrogens is 282 g/mol. The van der Waals surface area contributed by atoms with Crippen molar-refractivity contribution in [1.82, 2.24) is 5.32 Å². The number of rotatable bonds is 4. The van der Waals surface area contributed by atoms with Gasteiger partial charge in [-0.25, -0.2) is 0 Å². The molecule has 2 heteroatoms. The smallest absolute Gasteiger partial charge is 0.125 e. The van der Waals surface area contributed by atoms with Crippen LogP contribution in [0.4, 0.5) is 0 Å². The average molecular weight is 309 g/mol. The summed E-state index contributed by atoms with van der Waals surface area (Å²) in [5, 5.41) is 3.75. The van der Waals surface area contributed by atoms with Crippen molar-refractivity contribution in [3.05, 3.63) is 64.7 Å². The Morgan fingerprint density at radius 1 is 1.13 bits per heavy atom. The predicted molar refractivity (Wildman–Crippen MR) is 95.9 cm³/mol. The van der Waals surface area contributed by atoms with Gasteiger partial charge < -0.3 is 10.1 Å². The minimum atomic E-state index is -0.0942. The van der Waals surface area contributed by atoms with Crippen LogP contribution in [0.5, 0.6) is 5.75 Å². The van der Waals surface area contributed by atoms with Crippen molar-refractivity contribution in [2.24, 2.45) is 0 Å². The largest absolute Gasteiger partial charge is 0.487 e. The van der Waals surface area contributed by atoms with Crippen LogP contribution in [0.15, 0.2) is 42.5 Å². The van der Waals surface area contributed by atoms with Crippen LogP contribution in [0.25, 0.3) is 0 Å². The van der Waals surface area contributed by atoms with Gasteiger partial charge in [-0.1, -0.05) is 43.3 Å². The summed E-state index contributed by atoms with van der Waals surface area (Å²) in [6, 6.07) is 15.4. The van der Waals surface area contributed by atoms with Crippen LogP contribution < -0.4 is 10.1 Å². The summed E-state index contributed by atoms with van der Waals surface area (Å²) in [4.78, 5) is 0. The maximum absolute atomic E-state index is 6.35. The summed E-state index contributed by atoms with van der Waals surface area (Å²) in [5.41, 5.74) is 5.16. The fourth-order valence-corrected chi connectivity index (χ4v) is 3.26. The zero-order valence-corrected chi connectivity index (χ0v) is 14.6. The van der Waals surface area contributed by atoms with Crippen molar-refractivity contribution in [2.45, 2.75) is 58.7 Å². The molecule has 1 aliphatic heterocycles. The molecule has 2 unspecified atom stereocenters. The molecule has 0 spiro atoms. The van der Waals surface area contributed by atoms with Gasteiger partial charge in [0.1, 0.15) is 11.4 Å². The fraction of sp³-hybridized carbons (Fsp3) is 0.429. The summed E-state index contributed by atoms with van der Waals surface area (Å²) >= 11 is 0. The molecule has 0 amide bonds. The Labute approximate surface area is 139 Å². The molecule has 0 radical (unpaired) electrons. The average Bonchev–Trinajstić information content (AvgIpc) is 2.55. The van der Waals surface area contributed by atoms with Gasteiger partial charge in [0.25, 0.3) is 0 Å². The van der Waals surface area contributed by atoms with Crippen LogP contribution in [0.3, 0.4) is 0 Å². The molecule has 23 heavy (non-hydrogen) atoms. The summed E-state index contributed by atoms with van der Waals surface area (Å²) in [5.74, 6) is 1.05. The second-order valence-corrected chi connectivity index (χ2v) is 7.00. The second kappa shape index (κ2) is 6.37. The number of nitrogens with one attached hydrogen (secondary N) is 1. The van der Waals surface area contributed by atoms with Gasteiger partial charge in [-0.15, -0.1) is 0 Å². The molecule has 1 heterocycles. The zero-order valence-electron chi connectivity index (χ0n) is 14.6. The fourth-order valence-electron chi connectivity index (χ4n) is 3.26. The van der Waals surface area contributed by atoms with Crippen molar-refractivity contribution >= 4 is 0 Å². The normalized spacial score (nSPS) is 23.2. The lowest BCUT2D eigenvalue weighted by molar-refractivity contribution is 0.0438. The Bertz CT molecular complexity index is 680. The summed E-state index contributed by atoms with van der Waals surface area (Å²) < 4.78 is 6.35. The van der Waals surface area contributed by atoms with E-state index in [0.717, 1.165) is 25.1 Å². The molecule has 1 aliphatic rings. The molecule has 0 fully saturated rings. The number of hydrogen-bond acceptors (Lipinski definition) is 2. The lowest BCUT2D eigenvalue weighted by atomic mass is 9.85. The molecule has 2 aromatic rings. The van der Waals surface area contributed by atoms with E-state index in [2.05, 4.69) is 75.5 Å². The minimum Gasteiger partial charge on any atom is -0.487 e. The first-order valence-electron chi connectivity index (χ1n) is 8.58. The third-order valence-corrected chi connectivity index (χ3v) is 5.14. The van der Waals surface area contributed by atoms with E-state index in [-0.39, 0.29) is 5.60 Å². The van der Waals surface area contributed by atoms with Crippen LogP contribution in [0.1, 0.15) is 55.0 Å². The highest BCUT2D eigenvalue weighted by molar-refractivity contribution is 5.45. The monoisotopic (exact) mass is 309 g/mol. The molecule has 0 aliphatic carbocycles. The molecule has 0 aromatic heterocycles. The Kier molecular flexibility index (Phi) is 4.45. The standard InChI is InChI=1S/C21H27NO/c1-5-21(4)13-19(22-14-17-9-7-6-8-10-17)18-11-15(2)16(3)12-20(18)23-21/h6-12,19,22H,5,13-14H2,1-4H3. The van der Waals surface area contributed by atoms with Crippen molar-refractivity contribution in [1.29, 1.82) is 0 Å². The van der Waals surface area contributed by atoms with Gasteiger partial charge in [-0.3, -0.25) is 0 Å². The lowest BCUT2D eigenvalue weighted by Gasteiger charge is -2.40. The Morgan fingerprint density at radius 3 is 2.52 bits per heavy atom. The van der Waals surface area contributed by atoms with Gasteiger partial charge in [-0.2, -0.15) is 0 Å². The lowest BCUT2D eigenvalue weighted by Crippen LogP contribution is -2.41. The van der Waals surface area contributed by atoms with Crippen molar-refractivity contribution < 1.29 is 4.74 Å². The van der Waals surface area contributed by atoms with Crippen LogP contribution >= 0.6 is 0 Å². The molecule has 0 saturated carbocycles. The summed E-state index contributed by atoms with van der Waals surface area (Å²) in [7, 11) is 0. The number of aryl methyl sites for hydroxylation is 2. The van der Waals surface area contributed by atoms with E-state index in [1.165, 1.54) is 22.3 Å². The van der Waals surface area contributed by atoms with Crippen LogP contribution in [0.2, 0.25) is 0 Å². The molecule has 2 atom stereocenters. The highest BCUT2D eigenvalue weighted by Gasteiger charge is 2.36. The van der Waals surface area contributed by atoms with Crippen LogP contribution in [-0.2, 0) is 6.54 Å². The highest BCUT2D eigenvalue weighted by Crippen LogP contribution is 2.42. The van der Waals surface area contributed by atoms with Crippen LogP contribution in [-0.4, -0.2) is 5.60 Å². The highest BCUT2D eigenvalue weighted by atomic mass is 16.5. The molecule has 0 saturated heterocycles. The third kappa shape index (κ3) is 3.42. The molecule has 0 bridgehead atoms. The molecular formula is C21H27NO. The SMILES string of the molecule is CCC1(C)CC(NCc2ccccc2)c2cc(C)c(C)cc2O1. The van der Waals surface area contributed by atoms with E-state index in [9.17, 15) is 0 Å². The number of fused-ring (bicyclic) bond motifs is 1. The van der Waals surface area contributed by atoms with Gasteiger partial charge in [0.2, 0.25) is 0 Å². The Balaban J connectivity index is 1.88. The summed E-state index contributed by atoms with van der Waals surface area (Å²) in [6.45, 7) is 9.65. The zero-order chi connectivity index (χ0) is 16.4. The molecule has 1 N–H and O–H groups in total. The maximum atomic E-state index is 6.35. The van der Waals surface area contributed by atoms with Crippen molar-refractivity contribution in [3.63, 3.8) is 0 Å². The third-order valence-electron chi connectivity index (χ3n) is 5.14. The number of hydrogen-bond donors (Lipinski definition) is 1. The van der Waals surface area contributed by atoms with Gasteiger partial charge in [0, 0.05) is 24.6 Å².